The molecule has 0 atom stereocenters. The van der Waals surface area contributed by atoms with Gasteiger partial charge in [-0.05, 0) is 38.0 Å². The van der Waals surface area contributed by atoms with Crippen LogP contribution in [0, 0.1) is 11.8 Å². The molecule has 0 unspecified atom stereocenters. The Balaban J connectivity index is 1.36. The quantitative estimate of drug-likeness (QED) is 0.625. The highest BCUT2D eigenvalue weighted by atomic mass is 16.5. The average Bonchev–Trinajstić information content (AvgIpc) is 3.04. The number of nitrogens with one attached hydrogen (secondary N) is 1. The molecule has 0 radical (unpaired) electrons. The smallest absolute Gasteiger partial charge is 0.223 e. The van der Waals surface area contributed by atoms with E-state index in [-0.39, 0.29) is 5.91 Å². The molecule has 2 aliphatic rings. The van der Waals surface area contributed by atoms with Gasteiger partial charge in [-0.1, -0.05) is 0 Å². The van der Waals surface area contributed by atoms with E-state index in [0.717, 1.165) is 44.9 Å². The Hall–Kier alpha value is -0.570. The second kappa shape index (κ2) is 4.78. The van der Waals surface area contributed by atoms with E-state index in [4.69, 9.17) is 4.74 Å². The summed E-state index contributed by atoms with van der Waals surface area (Å²) in [5.41, 5.74) is 0. The first-order valence-electron chi connectivity index (χ1n) is 5.71. The Morgan fingerprint density at radius 1 is 1.29 bits per heavy atom. The third-order valence-electron chi connectivity index (χ3n) is 2.76. The zero-order valence-corrected chi connectivity index (χ0v) is 8.63. The molecule has 80 valence electrons. The lowest BCUT2D eigenvalue weighted by Crippen LogP contribution is -2.26. The summed E-state index contributed by atoms with van der Waals surface area (Å²) in [6.45, 7) is 2.50. The van der Waals surface area contributed by atoms with E-state index in [1.807, 2.05) is 0 Å². The summed E-state index contributed by atoms with van der Waals surface area (Å²) in [6.07, 6.45) is 5.82. The van der Waals surface area contributed by atoms with E-state index in [1.54, 1.807) is 0 Å². The van der Waals surface area contributed by atoms with Crippen LogP contribution in [0.3, 0.4) is 0 Å². The average molecular weight is 197 g/mol. The van der Waals surface area contributed by atoms with Gasteiger partial charge in [0.15, 0.2) is 0 Å². The molecule has 0 bridgehead atoms. The van der Waals surface area contributed by atoms with Gasteiger partial charge in [0, 0.05) is 25.7 Å². The fraction of sp³-hybridized carbons (Fsp3) is 0.909. The molecule has 0 saturated heterocycles. The normalized spacial score (nSPS) is 20.9. The first-order chi connectivity index (χ1) is 6.86. The summed E-state index contributed by atoms with van der Waals surface area (Å²) in [4.78, 5) is 11.2. The van der Waals surface area contributed by atoms with Crippen LogP contribution < -0.4 is 5.32 Å². The van der Waals surface area contributed by atoms with Crippen molar-refractivity contribution in [3.63, 3.8) is 0 Å². The van der Waals surface area contributed by atoms with Crippen LogP contribution in [-0.4, -0.2) is 25.7 Å². The van der Waals surface area contributed by atoms with Gasteiger partial charge >= 0.3 is 0 Å². The molecule has 0 aliphatic heterocycles. The number of hydrogen-bond acceptors (Lipinski definition) is 2. The predicted octanol–water partition coefficient (Wildman–Crippen LogP) is 1.33. The summed E-state index contributed by atoms with van der Waals surface area (Å²) in [5, 5.41) is 2.93. The molecule has 3 heteroatoms. The van der Waals surface area contributed by atoms with Crippen molar-refractivity contribution < 1.29 is 9.53 Å². The zero-order chi connectivity index (χ0) is 9.80. The van der Waals surface area contributed by atoms with Gasteiger partial charge in [-0.3, -0.25) is 4.79 Å². The van der Waals surface area contributed by atoms with Gasteiger partial charge in [-0.2, -0.15) is 0 Å². The minimum absolute atomic E-state index is 0.243. The molecule has 0 aromatic rings. The molecule has 1 amide bonds. The molecule has 2 fully saturated rings. The van der Waals surface area contributed by atoms with Gasteiger partial charge in [-0.15, -0.1) is 0 Å². The van der Waals surface area contributed by atoms with Gasteiger partial charge in [0.2, 0.25) is 5.91 Å². The van der Waals surface area contributed by atoms with E-state index in [9.17, 15) is 4.79 Å². The molecule has 1 N–H and O–H groups in total. The van der Waals surface area contributed by atoms with Crippen LogP contribution in [-0.2, 0) is 9.53 Å². The Morgan fingerprint density at radius 3 is 2.71 bits per heavy atom. The maximum atomic E-state index is 11.2. The maximum absolute atomic E-state index is 11.2. The molecule has 14 heavy (non-hydrogen) atoms. The van der Waals surface area contributed by atoms with Gasteiger partial charge in [0.25, 0.3) is 0 Å². The molecule has 0 aromatic heterocycles. The van der Waals surface area contributed by atoms with Crippen LogP contribution in [0.15, 0.2) is 0 Å². The fourth-order valence-electron chi connectivity index (χ4n) is 1.41. The Labute approximate surface area is 85.2 Å². The van der Waals surface area contributed by atoms with Crippen LogP contribution in [0.25, 0.3) is 0 Å². The molecule has 2 rings (SSSR count). The van der Waals surface area contributed by atoms with Crippen molar-refractivity contribution in [2.75, 3.05) is 19.8 Å². The van der Waals surface area contributed by atoms with Crippen LogP contribution in [0.4, 0.5) is 0 Å². The van der Waals surface area contributed by atoms with Crippen molar-refractivity contribution in [2.24, 2.45) is 11.8 Å². The Morgan fingerprint density at radius 2 is 2.07 bits per heavy atom. The highest BCUT2D eigenvalue weighted by Gasteiger charge is 2.28. The highest BCUT2D eigenvalue weighted by Crippen LogP contribution is 2.29. The lowest BCUT2D eigenvalue weighted by molar-refractivity contribution is -0.122. The number of rotatable bonds is 7. The van der Waals surface area contributed by atoms with Crippen molar-refractivity contribution in [2.45, 2.75) is 32.1 Å². The fourth-order valence-corrected chi connectivity index (χ4v) is 1.41. The van der Waals surface area contributed by atoms with Crippen LogP contribution in [0.2, 0.25) is 0 Å². The van der Waals surface area contributed by atoms with E-state index < -0.39 is 0 Å². The SMILES string of the molecule is O=C(NCCCOCC1CC1)C1CC1. The molecule has 3 nitrogen and oxygen atoms in total. The third-order valence-corrected chi connectivity index (χ3v) is 2.76. The summed E-state index contributed by atoms with van der Waals surface area (Å²) in [5.74, 6) is 1.42. The lowest BCUT2D eigenvalue weighted by atomic mass is 10.3. The van der Waals surface area contributed by atoms with Crippen molar-refractivity contribution in [3.05, 3.63) is 0 Å². The minimum Gasteiger partial charge on any atom is -0.381 e. The second-order valence-corrected chi connectivity index (χ2v) is 4.44. The number of carbonyl (C=O) groups is 1. The van der Waals surface area contributed by atoms with Crippen LogP contribution in [0.5, 0.6) is 0 Å². The number of carbonyl (C=O) groups excluding carboxylic acids is 1. The lowest BCUT2D eigenvalue weighted by Gasteiger charge is -2.04. The summed E-state index contributed by atoms with van der Waals surface area (Å²) >= 11 is 0. The maximum Gasteiger partial charge on any atom is 0.223 e. The minimum atomic E-state index is 0.243. The monoisotopic (exact) mass is 197 g/mol. The largest absolute Gasteiger partial charge is 0.381 e. The van der Waals surface area contributed by atoms with Gasteiger partial charge in [0.1, 0.15) is 0 Å². The topological polar surface area (TPSA) is 38.3 Å². The predicted molar refractivity (Wildman–Crippen MR) is 53.9 cm³/mol. The molecular weight excluding hydrogens is 178 g/mol. The molecule has 0 aromatic carbocycles. The zero-order valence-electron chi connectivity index (χ0n) is 8.63. The summed E-state index contributed by atoms with van der Waals surface area (Å²) in [6, 6.07) is 0. The second-order valence-electron chi connectivity index (χ2n) is 4.44. The van der Waals surface area contributed by atoms with Gasteiger partial charge < -0.3 is 10.1 Å². The Kier molecular flexibility index (Phi) is 3.40. The summed E-state index contributed by atoms with van der Waals surface area (Å²) in [7, 11) is 0. The highest BCUT2D eigenvalue weighted by molar-refractivity contribution is 5.80. The molecule has 2 aliphatic carbocycles. The third kappa shape index (κ3) is 3.66. The number of hydrogen-bond donors (Lipinski definition) is 1. The number of ether oxygens (including phenoxy) is 1. The van der Waals surface area contributed by atoms with Gasteiger partial charge in [-0.25, -0.2) is 0 Å². The van der Waals surface area contributed by atoms with Gasteiger partial charge in [0.05, 0.1) is 0 Å². The first kappa shape index (κ1) is 9.97. The van der Waals surface area contributed by atoms with Crippen molar-refractivity contribution in [1.82, 2.24) is 5.32 Å². The first-order valence-corrected chi connectivity index (χ1v) is 5.71. The standard InChI is InChI=1S/C11H19NO2/c13-11(10-4-5-10)12-6-1-7-14-8-9-2-3-9/h9-10H,1-8H2,(H,12,13). The molecule has 0 spiro atoms. The van der Waals surface area contributed by atoms with E-state index in [0.29, 0.717) is 5.92 Å². The Bertz CT molecular complexity index is 197. The van der Waals surface area contributed by atoms with E-state index in [1.165, 1.54) is 12.8 Å². The van der Waals surface area contributed by atoms with Crippen LogP contribution >= 0.6 is 0 Å². The summed E-state index contributed by atoms with van der Waals surface area (Å²) < 4.78 is 5.46. The van der Waals surface area contributed by atoms with Crippen LogP contribution in [0.1, 0.15) is 32.1 Å². The van der Waals surface area contributed by atoms with Crippen molar-refractivity contribution >= 4 is 5.91 Å². The molecular formula is C11H19NO2. The number of amides is 1. The molecule has 2 saturated carbocycles. The molecule has 0 heterocycles. The van der Waals surface area contributed by atoms with E-state index >= 15 is 0 Å². The van der Waals surface area contributed by atoms with Crippen molar-refractivity contribution in [3.8, 4) is 0 Å². The van der Waals surface area contributed by atoms with E-state index in [2.05, 4.69) is 5.32 Å². The van der Waals surface area contributed by atoms with Crippen molar-refractivity contribution in [1.29, 1.82) is 0 Å².